The molecule has 0 spiro atoms. The first kappa shape index (κ1) is 26.4. The summed E-state index contributed by atoms with van der Waals surface area (Å²) < 4.78 is 11.1. The van der Waals surface area contributed by atoms with Crippen LogP contribution in [0, 0.1) is 0 Å². The molecule has 0 N–H and O–H groups in total. The van der Waals surface area contributed by atoms with Gasteiger partial charge in [-0.1, -0.05) is 66.4 Å². The molecule has 2 aromatic carbocycles. The second-order valence-corrected chi connectivity index (χ2v) is 9.22. The Morgan fingerprint density at radius 1 is 1.06 bits per heavy atom. The summed E-state index contributed by atoms with van der Waals surface area (Å²) >= 11 is 6.62. The molecule has 0 aromatic heterocycles. The lowest BCUT2D eigenvalue weighted by atomic mass is 10.1. The van der Waals surface area contributed by atoms with E-state index in [-0.39, 0.29) is 29.3 Å². The molecule has 2 amide bonds. The Bertz CT molecular complexity index is 1100. The fraction of sp³-hybridized carbons (Fsp3) is 0.308. The summed E-state index contributed by atoms with van der Waals surface area (Å²) in [5, 5.41) is 0. The van der Waals surface area contributed by atoms with E-state index in [9.17, 15) is 14.4 Å². The molecule has 1 unspecified atom stereocenters. The Morgan fingerprint density at radius 3 is 2.31 bits per heavy atom. The van der Waals surface area contributed by atoms with Gasteiger partial charge in [0.05, 0.1) is 11.5 Å². The van der Waals surface area contributed by atoms with Crippen molar-refractivity contribution in [3.05, 3.63) is 70.6 Å². The second kappa shape index (κ2) is 12.5. The molecule has 0 radical (unpaired) electrons. The van der Waals surface area contributed by atoms with Gasteiger partial charge in [-0.15, -0.1) is 0 Å². The Hall–Kier alpha value is -3.17. The highest BCUT2D eigenvalue weighted by atomic mass is 32.2. The predicted molar refractivity (Wildman–Crippen MR) is 141 cm³/mol. The maximum Gasteiger partial charge on any atom is 0.333 e. The molecule has 1 fully saturated rings. The zero-order chi connectivity index (χ0) is 25.4. The van der Waals surface area contributed by atoms with E-state index in [4.69, 9.17) is 21.7 Å². The standard InChI is InChI=1S/C26H28N2O5S2/c1-4-27(5-2)22(29)17-33-20-14-12-18(13-15-20)16-21-24(30)28(26(34)35-21)23(25(31)32-6-3)19-10-8-7-9-11-19/h7-16,23H,4-6,17H2,1-3H3/b21-16+. The van der Waals surface area contributed by atoms with Crippen LogP contribution < -0.4 is 4.74 Å². The topological polar surface area (TPSA) is 76.1 Å². The highest BCUT2D eigenvalue weighted by molar-refractivity contribution is 8.26. The van der Waals surface area contributed by atoms with E-state index in [0.29, 0.717) is 29.3 Å². The van der Waals surface area contributed by atoms with Crippen molar-refractivity contribution in [1.82, 2.24) is 9.80 Å². The Balaban J connectivity index is 1.75. The number of thioether (sulfide) groups is 1. The van der Waals surface area contributed by atoms with Crippen molar-refractivity contribution >= 4 is 52.2 Å². The van der Waals surface area contributed by atoms with E-state index in [2.05, 4.69) is 0 Å². The summed E-state index contributed by atoms with van der Waals surface area (Å²) in [5.74, 6) is -0.400. The first-order valence-electron chi connectivity index (χ1n) is 11.4. The quantitative estimate of drug-likeness (QED) is 0.265. The third-order valence-electron chi connectivity index (χ3n) is 5.36. The van der Waals surface area contributed by atoms with Crippen molar-refractivity contribution in [2.75, 3.05) is 26.3 Å². The van der Waals surface area contributed by atoms with Crippen molar-refractivity contribution < 1.29 is 23.9 Å². The fourth-order valence-corrected chi connectivity index (χ4v) is 4.89. The van der Waals surface area contributed by atoms with Gasteiger partial charge >= 0.3 is 5.97 Å². The van der Waals surface area contributed by atoms with Gasteiger partial charge in [-0.25, -0.2) is 4.79 Å². The zero-order valence-electron chi connectivity index (χ0n) is 19.9. The number of benzene rings is 2. The maximum absolute atomic E-state index is 13.3. The summed E-state index contributed by atoms with van der Waals surface area (Å²) in [5.41, 5.74) is 1.39. The van der Waals surface area contributed by atoms with E-state index < -0.39 is 12.0 Å². The van der Waals surface area contributed by atoms with Crippen molar-refractivity contribution in [3.8, 4) is 5.75 Å². The molecule has 184 valence electrons. The number of thiocarbonyl (C=S) groups is 1. The first-order valence-corrected chi connectivity index (χ1v) is 12.6. The molecule has 0 aliphatic carbocycles. The second-order valence-electron chi connectivity index (χ2n) is 7.54. The van der Waals surface area contributed by atoms with Gasteiger partial charge < -0.3 is 14.4 Å². The molecule has 9 heteroatoms. The van der Waals surface area contributed by atoms with Crippen LogP contribution in [0.2, 0.25) is 0 Å². The molecule has 2 aromatic rings. The van der Waals surface area contributed by atoms with E-state index in [1.807, 2.05) is 19.9 Å². The third kappa shape index (κ3) is 6.49. The van der Waals surface area contributed by atoms with Gasteiger partial charge in [-0.2, -0.15) is 0 Å². The van der Waals surface area contributed by atoms with Crippen molar-refractivity contribution in [1.29, 1.82) is 0 Å². The van der Waals surface area contributed by atoms with Crippen LogP contribution >= 0.6 is 24.0 Å². The number of nitrogens with zero attached hydrogens (tertiary/aromatic N) is 2. The van der Waals surface area contributed by atoms with Crippen LogP contribution in [0.25, 0.3) is 6.08 Å². The lowest BCUT2D eigenvalue weighted by Gasteiger charge is -2.25. The molecule has 35 heavy (non-hydrogen) atoms. The first-order chi connectivity index (χ1) is 16.9. The van der Waals surface area contributed by atoms with Crippen LogP contribution in [0.3, 0.4) is 0 Å². The molecule has 3 rings (SSSR count). The fourth-order valence-electron chi connectivity index (χ4n) is 3.57. The van der Waals surface area contributed by atoms with Crippen LogP contribution in [0.1, 0.15) is 37.9 Å². The number of likely N-dealkylation sites (N-methyl/N-ethyl adjacent to an activating group) is 1. The minimum Gasteiger partial charge on any atom is -0.484 e. The number of rotatable bonds is 10. The highest BCUT2D eigenvalue weighted by Gasteiger charge is 2.42. The Morgan fingerprint density at radius 2 is 1.71 bits per heavy atom. The normalized spacial score (nSPS) is 15.3. The van der Waals surface area contributed by atoms with Crippen LogP contribution in [-0.2, 0) is 19.1 Å². The molecule has 1 saturated heterocycles. The van der Waals surface area contributed by atoms with Gasteiger partial charge in [0.1, 0.15) is 10.1 Å². The molecule has 1 heterocycles. The van der Waals surface area contributed by atoms with Crippen LogP contribution in [-0.4, -0.2) is 58.2 Å². The number of carbonyl (C=O) groups excluding carboxylic acids is 3. The Labute approximate surface area is 215 Å². The number of esters is 1. The monoisotopic (exact) mass is 512 g/mol. The number of ether oxygens (including phenoxy) is 2. The smallest absolute Gasteiger partial charge is 0.333 e. The van der Waals surface area contributed by atoms with E-state index in [0.717, 1.165) is 17.3 Å². The van der Waals surface area contributed by atoms with E-state index in [1.54, 1.807) is 66.4 Å². The van der Waals surface area contributed by atoms with E-state index in [1.165, 1.54) is 4.90 Å². The molecule has 1 aliphatic heterocycles. The molecule has 1 atom stereocenters. The number of hydrogen-bond acceptors (Lipinski definition) is 7. The molecule has 1 aliphatic rings. The van der Waals surface area contributed by atoms with Crippen LogP contribution in [0.4, 0.5) is 0 Å². The lowest BCUT2D eigenvalue weighted by molar-refractivity contribution is -0.151. The van der Waals surface area contributed by atoms with Crippen molar-refractivity contribution in [2.45, 2.75) is 26.8 Å². The van der Waals surface area contributed by atoms with Crippen molar-refractivity contribution in [2.24, 2.45) is 0 Å². The van der Waals surface area contributed by atoms with Crippen molar-refractivity contribution in [3.63, 3.8) is 0 Å². The predicted octanol–water partition coefficient (Wildman–Crippen LogP) is 4.44. The van der Waals surface area contributed by atoms with Gasteiger partial charge in [0.15, 0.2) is 12.6 Å². The maximum atomic E-state index is 13.3. The SMILES string of the molecule is CCOC(=O)C(c1ccccc1)N1C(=O)/C(=C\c2ccc(OCC(=O)N(CC)CC)cc2)SC1=S. The number of carbonyl (C=O) groups is 3. The summed E-state index contributed by atoms with van der Waals surface area (Å²) in [4.78, 5) is 41.6. The number of amides is 2. The molecule has 0 saturated carbocycles. The summed E-state index contributed by atoms with van der Waals surface area (Å²) in [6.45, 7) is 7.00. The molecule has 0 bridgehead atoms. The summed E-state index contributed by atoms with van der Waals surface area (Å²) in [7, 11) is 0. The summed E-state index contributed by atoms with van der Waals surface area (Å²) in [6.07, 6.45) is 1.72. The Kier molecular flexibility index (Phi) is 9.45. The van der Waals surface area contributed by atoms with Gasteiger partial charge in [0.25, 0.3) is 11.8 Å². The van der Waals surface area contributed by atoms with Crippen LogP contribution in [0.5, 0.6) is 5.75 Å². The number of hydrogen-bond donors (Lipinski definition) is 0. The molecule has 7 nitrogen and oxygen atoms in total. The third-order valence-corrected chi connectivity index (χ3v) is 6.69. The highest BCUT2D eigenvalue weighted by Crippen LogP contribution is 2.38. The van der Waals surface area contributed by atoms with Gasteiger partial charge in [0.2, 0.25) is 0 Å². The zero-order valence-corrected chi connectivity index (χ0v) is 21.6. The molecular weight excluding hydrogens is 484 g/mol. The average molecular weight is 513 g/mol. The van der Waals surface area contributed by atoms with E-state index >= 15 is 0 Å². The summed E-state index contributed by atoms with van der Waals surface area (Å²) in [6, 6.07) is 15.1. The minimum absolute atomic E-state index is 0.0333. The van der Waals surface area contributed by atoms with Gasteiger partial charge in [-0.3, -0.25) is 14.5 Å². The largest absolute Gasteiger partial charge is 0.484 e. The van der Waals surface area contributed by atoms with Gasteiger partial charge in [-0.05, 0) is 50.1 Å². The lowest BCUT2D eigenvalue weighted by Crippen LogP contribution is -2.38. The van der Waals surface area contributed by atoms with Gasteiger partial charge in [0, 0.05) is 13.1 Å². The minimum atomic E-state index is -0.950. The average Bonchev–Trinajstić information content (AvgIpc) is 3.13. The van der Waals surface area contributed by atoms with Crippen LogP contribution in [0.15, 0.2) is 59.5 Å². The molecular formula is C26H28N2O5S2.